The van der Waals surface area contributed by atoms with Crippen LogP contribution in [0.15, 0.2) is 12.3 Å². The van der Waals surface area contributed by atoms with Gasteiger partial charge in [0.05, 0.1) is 11.0 Å². The predicted octanol–water partition coefficient (Wildman–Crippen LogP) is -0.148. The lowest BCUT2D eigenvalue weighted by atomic mass is 10.2. The van der Waals surface area contributed by atoms with Gasteiger partial charge in [-0.15, -0.1) is 0 Å². The van der Waals surface area contributed by atoms with Crippen LogP contribution < -0.4 is 5.73 Å². The zero-order chi connectivity index (χ0) is 14.0. The Balaban J connectivity index is 1.95. The molecule has 0 spiro atoms. The average Bonchev–Trinajstić information content (AvgIpc) is 2.83. The number of aryl methyl sites for hydroxylation is 1. The minimum absolute atomic E-state index is 0.0302. The maximum Gasteiger partial charge on any atom is 0.272 e. The van der Waals surface area contributed by atoms with Crippen LogP contribution in [0.4, 0.5) is 0 Å². The molecule has 1 aliphatic rings. The third-order valence-electron chi connectivity index (χ3n) is 3.60. The molecule has 2 rings (SSSR count). The summed E-state index contributed by atoms with van der Waals surface area (Å²) in [7, 11) is 1.78. The minimum Gasteiger partial charge on any atom is -0.392 e. The van der Waals surface area contributed by atoms with Gasteiger partial charge >= 0.3 is 0 Å². The molecule has 7 heteroatoms. The van der Waals surface area contributed by atoms with Crippen LogP contribution in [-0.2, 0) is 7.05 Å². The van der Waals surface area contributed by atoms with Gasteiger partial charge in [-0.1, -0.05) is 12.2 Å². The number of rotatable bonds is 3. The van der Waals surface area contributed by atoms with Gasteiger partial charge in [-0.2, -0.15) is 5.10 Å². The highest BCUT2D eigenvalue weighted by Gasteiger charge is 2.26. The van der Waals surface area contributed by atoms with E-state index in [0.29, 0.717) is 23.8 Å². The Bertz CT molecular complexity index is 478. The Labute approximate surface area is 118 Å². The van der Waals surface area contributed by atoms with Gasteiger partial charge < -0.3 is 10.6 Å². The largest absolute Gasteiger partial charge is 0.392 e. The van der Waals surface area contributed by atoms with Gasteiger partial charge in [0, 0.05) is 39.4 Å². The van der Waals surface area contributed by atoms with Crippen molar-refractivity contribution in [2.24, 2.45) is 12.8 Å². The molecular weight excluding hydrogens is 262 g/mol. The number of carbonyl (C=O) groups excluding carboxylic acids is 1. The highest BCUT2D eigenvalue weighted by molar-refractivity contribution is 7.80. The number of aromatic nitrogens is 2. The van der Waals surface area contributed by atoms with Gasteiger partial charge in [-0.25, -0.2) is 0 Å². The molecule has 2 heterocycles. The molecule has 6 nitrogen and oxygen atoms in total. The number of hydrogen-bond acceptors (Lipinski definition) is 4. The number of nitrogens with two attached hydrogens (primary N) is 1. The van der Waals surface area contributed by atoms with E-state index in [1.807, 2.05) is 11.8 Å². The summed E-state index contributed by atoms with van der Waals surface area (Å²) < 4.78 is 1.60. The Kier molecular flexibility index (Phi) is 4.16. The van der Waals surface area contributed by atoms with Crippen LogP contribution in [-0.4, -0.2) is 62.7 Å². The molecule has 2 N–H and O–H groups in total. The van der Waals surface area contributed by atoms with E-state index in [4.69, 9.17) is 18.0 Å². The molecule has 1 aliphatic heterocycles. The van der Waals surface area contributed by atoms with Gasteiger partial charge in [0.1, 0.15) is 5.69 Å². The average molecular weight is 281 g/mol. The molecule has 1 aromatic rings. The molecule has 19 heavy (non-hydrogen) atoms. The van der Waals surface area contributed by atoms with Crippen molar-refractivity contribution >= 4 is 23.1 Å². The first-order valence-corrected chi connectivity index (χ1v) is 6.72. The van der Waals surface area contributed by atoms with Crippen molar-refractivity contribution in [2.45, 2.75) is 13.0 Å². The van der Waals surface area contributed by atoms with E-state index < -0.39 is 0 Å². The van der Waals surface area contributed by atoms with Crippen molar-refractivity contribution in [1.82, 2.24) is 19.6 Å². The van der Waals surface area contributed by atoms with Crippen molar-refractivity contribution in [3.63, 3.8) is 0 Å². The van der Waals surface area contributed by atoms with Crippen LogP contribution in [0.5, 0.6) is 0 Å². The number of amides is 1. The van der Waals surface area contributed by atoms with Crippen LogP contribution in [0.3, 0.4) is 0 Å². The molecule has 1 amide bonds. The van der Waals surface area contributed by atoms with Gasteiger partial charge in [-0.05, 0) is 13.0 Å². The summed E-state index contributed by atoms with van der Waals surface area (Å²) >= 11 is 5.01. The lowest BCUT2D eigenvalue weighted by Crippen LogP contribution is -2.54. The molecule has 1 saturated heterocycles. The molecule has 0 aromatic carbocycles. The normalized spacial score (nSPS) is 18.3. The van der Waals surface area contributed by atoms with Crippen molar-refractivity contribution < 1.29 is 4.79 Å². The standard InChI is InChI=1S/C12H19N5OS/c1-9(11(13)19)16-5-7-17(8-6-16)12(18)10-3-4-14-15(10)2/h3-4,9H,5-8H2,1-2H3,(H2,13,19). The van der Waals surface area contributed by atoms with Gasteiger partial charge in [0.15, 0.2) is 0 Å². The summed E-state index contributed by atoms with van der Waals surface area (Å²) in [6, 6.07) is 1.83. The van der Waals surface area contributed by atoms with E-state index in [-0.39, 0.29) is 11.9 Å². The second-order valence-electron chi connectivity index (χ2n) is 4.75. The van der Waals surface area contributed by atoms with Crippen molar-refractivity contribution in [1.29, 1.82) is 0 Å². The summed E-state index contributed by atoms with van der Waals surface area (Å²) in [5.41, 5.74) is 6.28. The van der Waals surface area contributed by atoms with E-state index in [2.05, 4.69) is 10.00 Å². The molecule has 0 saturated carbocycles. The lowest BCUT2D eigenvalue weighted by molar-refractivity contribution is 0.0611. The summed E-state index contributed by atoms with van der Waals surface area (Å²) in [6.45, 7) is 4.97. The SMILES string of the molecule is CC(C(N)=S)N1CCN(C(=O)c2ccnn2C)CC1. The summed E-state index contributed by atoms with van der Waals surface area (Å²) in [4.78, 5) is 16.8. The molecule has 104 valence electrons. The highest BCUT2D eigenvalue weighted by atomic mass is 32.1. The van der Waals surface area contributed by atoms with Crippen LogP contribution in [0.2, 0.25) is 0 Å². The fraction of sp³-hybridized carbons (Fsp3) is 0.583. The quantitative estimate of drug-likeness (QED) is 0.781. The van der Waals surface area contributed by atoms with Crippen molar-refractivity contribution in [3.8, 4) is 0 Å². The molecule has 0 radical (unpaired) electrons. The molecule has 1 aromatic heterocycles. The number of nitrogens with zero attached hydrogens (tertiary/aromatic N) is 4. The number of carbonyl (C=O) groups is 1. The fourth-order valence-electron chi connectivity index (χ4n) is 2.24. The van der Waals surface area contributed by atoms with Crippen molar-refractivity contribution in [2.75, 3.05) is 26.2 Å². The minimum atomic E-state index is 0.0302. The zero-order valence-corrected chi connectivity index (χ0v) is 12.1. The molecule has 1 fully saturated rings. The van der Waals surface area contributed by atoms with E-state index >= 15 is 0 Å². The van der Waals surface area contributed by atoms with Crippen LogP contribution in [0.25, 0.3) is 0 Å². The van der Waals surface area contributed by atoms with Gasteiger partial charge in [-0.3, -0.25) is 14.4 Å². The van der Waals surface area contributed by atoms with E-state index in [1.54, 1.807) is 24.0 Å². The Morgan fingerprint density at radius 3 is 2.53 bits per heavy atom. The molecule has 1 atom stereocenters. The summed E-state index contributed by atoms with van der Waals surface area (Å²) in [6.07, 6.45) is 1.64. The second kappa shape index (κ2) is 5.66. The number of thiocarbonyl (C=S) groups is 1. The zero-order valence-electron chi connectivity index (χ0n) is 11.2. The molecular formula is C12H19N5OS. The highest BCUT2D eigenvalue weighted by Crippen LogP contribution is 2.10. The second-order valence-corrected chi connectivity index (χ2v) is 5.22. The van der Waals surface area contributed by atoms with Crippen molar-refractivity contribution in [3.05, 3.63) is 18.0 Å². The molecule has 0 aliphatic carbocycles. The fourth-order valence-corrected chi connectivity index (χ4v) is 2.39. The molecule has 0 bridgehead atoms. The van der Waals surface area contributed by atoms with Gasteiger partial charge in [0.2, 0.25) is 0 Å². The van der Waals surface area contributed by atoms with Crippen LogP contribution in [0.1, 0.15) is 17.4 Å². The maximum atomic E-state index is 12.3. The summed E-state index contributed by atoms with van der Waals surface area (Å²) in [5, 5.41) is 4.02. The van der Waals surface area contributed by atoms with Crippen LogP contribution >= 0.6 is 12.2 Å². The Hall–Kier alpha value is -1.47. The molecule has 1 unspecified atom stereocenters. The van der Waals surface area contributed by atoms with E-state index in [0.717, 1.165) is 13.1 Å². The maximum absolute atomic E-state index is 12.3. The van der Waals surface area contributed by atoms with E-state index in [1.165, 1.54) is 0 Å². The predicted molar refractivity (Wildman–Crippen MR) is 76.9 cm³/mol. The Morgan fingerprint density at radius 1 is 1.42 bits per heavy atom. The van der Waals surface area contributed by atoms with Gasteiger partial charge in [0.25, 0.3) is 5.91 Å². The first-order chi connectivity index (χ1) is 9.00. The first-order valence-electron chi connectivity index (χ1n) is 6.31. The topological polar surface area (TPSA) is 67.4 Å². The number of piperazine rings is 1. The Morgan fingerprint density at radius 2 is 2.05 bits per heavy atom. The van der Waals surface area contributed by atoms with Crippen LogP contribution in [0, 0.1) is 0 Å². The third kappa shape index (κ3) is 2.93. The summed E-state index contributed by atoms with van der Waals surface area (Å²) in [5.74, 6) is 0.0302. The van der Waals surface area contributed by atoms with E-state index in [9.17, 15) is 4.79 Å². The lowest BCUT2D eigenvalue weighted by Gasteiger charge is -2.37. The monoisotopic (exact) mass is 281 g/mol. The number of hydrogen-bond donors (Lipinski definition) is 1. The third-order valence-corrected chi connectivity index (χ3v) is 3.94. The first kappa shape index (κ1) is 14.0. The smallest absolute Gasteiger partial charge is 0.272 e.